The van der Waals surface area contributed by atoms with Crippen LogP contribution in [0.25, 0.3) is 0 Å². The third-order valence-electron chi connectivity index (χ3n) is 10.4. The van der Waals surface area contributed by atoms with E-state index < -0.39 is 214 Å². The molecular weight excluding hydrogens is 1220 g/mol. The molecule has 0 aliphatic heterocycles. The quantitative estimate of drug-likeness (QED) is 0.0456. The molecule has 1 atom stereocenters. The topological polar surface area (TPSA) is 119 Å². The number of hydrogen-bond acceptors (Lipinski definition) is 4. The number of rotatable bonds is 32. The standard InChI is InChI=1S/C33H29F36N3O6/c34-13(35)22(46,47)28(58,59)31(64,65)25(52,53)19(40,41)9-71(17(74)75)6-2-1-4-12(8-70-16(73)78-11-21(44,45)27(56,57)33(68,69)30(62,63)24(50,51)15(38)39)5-3-7-72(18(76)77)10-20(42,43)26(54,55)32(66,67)29(60,61)23(48,49)14(36)37/h12-15H,1-11H2,(H,70,73)(H,74,75)(H,76,77). The molecule has 0 aliphatic rings. The van der Waals surface area contributed by atoms with Crippen molar-refractivity contribution in [1.82, 2.24) is 15.1 Å². The highest BCUT2D eigenvalue weighted by molar-refractivity contribution is 5.67. The number of nitrogens with one attached hydrogen (secondary N) is 1. The maximum absolute atomic E-state index is 14.5. The predicted octanol–water partition coefficient (Wildman–Crippen LogP) is 13.6. The highest BCUT2D eigenvalue weighted by Gasteiger charge is 2.90. The Balaban J connectivity index is 6.83. The SMILES string of the molecule is O=C(NCC(CCCCN(CC(F)(F)C(F)(F)C(F)(F)C(F)(F)C(F)(F)C(F)F)C(=O)O)CCCN(CC(F)(F)C(F)(F)C(F)(F)C(F)(F)C(F)(F)C(F)F)C(=O)O)OCC(F)(F)C(F)(F)C(F)(F)C(F)(F)C(F)(F)C(F)F. The van der Waals surface area contributed by atoms with Crippen molar-refractivity contribution in [3.05, 3.63) is 0 Å². The van der Waals surface area contributed by atoms with Gasteiger partial charge in [0, 0.05) is 19.6 Å². The Morgan fingerprint density at radius 2 is 0.654 bits per heavy atom. The zero-order chi connectivity index (χ0) is 62.9. The van der Waals surface area contributed by atoms with Gasteiger partial charge in [-0.1, -0.05) is 6.42 Å². The third-order valence-corrected chi connectivity index (χ3v) is 10.4. The van der Waals surface area contributed by atoms with Crippen LogP contribution >= 0.6 is 0 Å². The van der Waals surface area contributed by atoms with Gasteiger partial charge in [-0.25, -0.2) is 40.7 Å². The summed E-state index contributed by atoms with van der Waals surface area (Å²) in [7, 11) is 0. The molecule has 9 nitrogen and oxygen atoms in total. The monoisotopic (exact) mass is 1250 g/mol. The lowest BCUT2D eigenvalue weighted by atomic mass is 9.93. The third kappa shape index (κ3) is 13.2. The predicted molar refractivity (Wildman–Crippen MR) is 177 cm³/mol. The van der Waals surface area contributed by atoms with Crippen molar-refractivity contribution in [3.8, 4) is 0 Å². The molecule has 0 fully saturated rings. The Labute approximate surface area is 407 Å². The molecule has 464 valence electrons. The van der Waals surface area contributed by atoms with Crippen LogP contribution in [0.3, 0.4) is 0 Å². The van der Waals surface area contributed by atoms with E-state index in [0.29, 0.717) is 0 Å². The number of ether oxygens (including phenoxy) is 1. The summed E-state index contributed by atoms with van der Waals surface area (Å²) in [5.41, 5.74) is 0. The summed E-state index contributed by atoms with van der Waals surface area (Å²) in [5.74, 6) is -118. The van der Waals surface area contributed by atoms with E-state index in [1.807, 2.05) is 0 Å². The van der Waals surface area contributed by atoms with E-state index in [9.17, 15) is 172 Å². The average molecular weight is 1250 g/mol. The van der Waals surface area contributed by atoms with Gasteiger partial charge in [0.2, 0.25) is 0 Å². The summed E-state index contributed by atoms with van der Waals surface area (Å²) in [6, 6.07) is 0. The van der Waals surface area contributed by atoms with Crippen LogP contribution in [0.2, 0.25) is 0 Å². The molecule has 1 unspecified atom stereocenters. The van der Waals surface area contributed by atoms with Crippen LogP contribution < -0.4 is 5.32 Å². The largest absolute Gasteiger partial charge is 0.465 e. The minimum Gasteiger partial charge on any atom is -0.465 e. The highest BCUT2D eigenvalue weighted by Crippen LogP contribution is 2.61. The van der Waals surface area contributed by atoms with Gasteiger partial charge in [0.1, 0.15) is 0 Å². The van der Waals surface area contributed by atoms with Crippen molar-refractivity contribution in [1.29, 1.82) is 0 Å². The molecule has 45 heteroatoms. The van der Waals surface area contributed by atoms with E-state index in [2.05, 4.69) is 4.74 Å². The fourth-order valence-electron chi connectivity index (χ4n) is 5.66. The fraction of sp³-hybridized carbons (Fsp3) is 0.909. The number of amides is 3. The average Bonchev–Trinajstić information content (AvgIpc) is 3.26. The summed E-state index contributed by atoms with van der Waals surface area (Å²) < 4.78 is 492. The van der Waals surface area contributed by atoms with Crippen LogP contribution in [-0.2, 0) is 4.74 Å². The van der Waals surface area contributed by atoms with Gasteiger partial charge in [-0.05, 0) is 31.6 Å². The van der Waals surface area contributed by atoms with Gasteiger partial charge in [0.25, 0.3) is 0 Å². The first-order valence-electron chi connectivity index (χ1n) is 19.5. The number of halogens is 36. The Morgan fingerprint density at radius 3 is 0.936 bits per heavy atom. The summed E-state index contributed by atoms with van der Waals surface area (Å²) in [5, 5.41) is 19.4. The van der Waals surface area contributed by atoms with Gasteiger partial charge < -0.3 is 30.1 Å². The summed E-state index contributed by atoms with van der Waals surface area (Å²) in [6.45, 7) is -16.0. The minimum atomic E-state index is -8.23. The van der Waals surface area contributed by atoms with Crippen LogP contribution in [0.4, 0.5) is 172 Å². The second kappa shape index (κ2) is 23.4. The van der Waals surface area contributed by atoms with E-state index in [4.69, 9.17) is 10.2 Å². The minimum absolute atomic E-state index is 1.10. The van der Waals surface area contributed by atoms with Crippen molar-refractivity contribution >= 4 is 18.3 Å². The molecule has 3 N–H and O–H groups in total. The Kier molecular flexibility index (Phi) is 22.0. The second-order valence-corrected chi connectivity index (χ2v) is 15.9. The van der Waals surface area contributed by atoms with Crippen molar-refractivity contribution in [2.24, 2.45) is 5.92 Å². The number of alkyl carbamates (subject to hydrolysis) is 1. The molecule has 0 saturated heterocycles. The lowest BCUT2D eigenvalue weighted by Gasteiger charge is -2.40. The number of carboxylic acid groups (broad SMARTS) is 2. The molecule has 0 radical (unpaired) electrons. The molecule has 0 aromatic carbocycles. The Hall–Kier alpha value is -4.71. The molecule has 0 aromatic heterocycles. The summed E-state index contributed by atoms with van der Waals surface area (Å²) >= 11 is 0. The van der Waals surface area contributed by atoms with Crippen LogP contribution in [0, 0.1) is 5.92 Å². The maximum atomic E-state index is 14.5. The first-order valence-corrected chi connectivity index (χ1v) is 19.5. The van der Waals surface area contributed by atoms with Crippen LogP contribution in [0.5, 0.6) is 0 Å². The van der Waals surface area contributed by atoms with Gasteiger partial charge in [-0.2, -0.15) is 132 Å². The molecule has 0 saturated carbocycles. The summed E-state index contributed by atoms with van der Waals surface area (Å²) in [4.78, 5) is 32.7. The van der Waals surface area contributed by atoms with Crippen molar-refractivity contribution < 1.29 is 187 Å². The molecule has 0 rings (SSSR count). The van der Waals surface area contributed by atoms with Gasteiger partial charge in [0.05, 0.1) is 13.1 Å². The number of carbonyl (C=O) groups is 3. The van der Waals surface area contributed by atoms with E-state index in [1.54, 1.807) is 0 Å². The molecule has 0 aromatic rings. The Bertz CT molecular complexity index is 2020. The number of carbonyl (C=O) groups excluding carboxylic acids is 1. The van der Waals surface area contributed by atoms with Gasteiger partial charge in [-0.3, -0.25) is 0 Å². The zero-order valence-corrected chi connectivity index (χ0v) is 36.6. The maximum Gasteiger partial charge on any atom is 0.407 e. The van der Waals surface area contributed by atoms with Crippen molar-refractivity contribution in [2.75, 3.05) is 39.3 Å². The lowest BCUT2D eigenvalue weighted by molar-refractivity contribution is -0.414. The molecule has 78 heavy (non-hydrogen) atoms. The number of unbranched alkanes of at least 4 members (excludes halogenated alkanes) is 1. The molecular formula is C33H29F36N3O6. The first-order chi connectivity index (χ1) is 34.1. The number of alkyl halides is 36. The molecule has 0 aliphatic carbocycles. The van der Waals surface area contributed by atoms with E-state index in [-0.39, 0.29) is 0 Å². The van der Waals surface area contributed by atoms with Gasteiger partial charge in [0.15, 0.2) is 6.61 Å². The van der Waals surface area contributed by atoms with Gasteiger partial charge >= 0.3 is 126 Å². The van der Waals surface area contributed by atoms with E-state index >= 15 is 0 Å². The molecule has 0 spiro atoms. The van der Waals surface area contributed by atoms with Gasteiger partial charge in [-0.15, -0.1) is 0 Å². The summed E-state index contributed by atoms with van der Waals surface area (Å²) in [6.07, 6.45) is -32.8. The van der Waals surface area contributed by atoms with Crippen LogP contribution in [0.1, 0.15) is 32.1 Å². The van der Waals surface area contributed by atoms with Crippen LogP contribution in [-0.4, -0.2) is 186 Å². The van der Waals surface area contributed by atoms with Crippen LogP contribution in [0.15, 0.2) is 0 Å². The van der Waals surface area contributed by atoms with Crippen molar-refractivity contribution in [3.63, 3.8) is 0 Å². The molecule has 0 bridgehead atoms. The lowest BCUT2D eigenvalue weighted by Crippen LogP contribution is -2.70. The zero-order valence-electron chi connectivity index (χ0n) is 36.6. The number of nitrogens with zero attached hydrogens (tertiary/aromatic N) is 2. The smallest absolute Gasteiger partial charge is 0.407 e. The first kappa shape index (κ1) is 73.3. The van der Waals surface area contributed by atoms with E-state index in [1.165, 1.54) is 0 Å². The fourth-order valence-corrected chi connectivity index (χ4v) is 5.66. The normalized spacial score (nSPS) is 15.5. The molecule has 3 amide bonds. The van der Waals surface area contributed by atoms with E-state index in [0.717, 1.165) is 5.32 Å². The second-order valence-electron chi connectivity index (χ2n) is 15.9. The molecule has 0 heterocycles. The Morgan fingerprint density at radius 1 is 0.385 bits per heavy atom. The number of hydrogen-bond donors (Lipinski definition) is 3. The highest BCUT2D eigenvalue weighted by atomic mass is 19.4. The van der Waals surface area contributed by atoms with Crippen molar-refractivity contribution in [2.45, 2.75) is 140 Å².